The maximum absolute atomic E-state index is 5.76. The summed E-state index contributed by atoms with van der Waals surface area (Å²) in [5.41, 5.74) is 1.03. The summed E-state index contributed by atoms with van der Waals surface area (Å²) in [6, 6.07) is 0. The largest absolute Gasteiger partial charge is 0.356 e. The normalized spacial score (nSPS) is 11.9. The molecule has 1 heterocycles. The summed E-state index contributed by atoms with van der Waals surface area (Å²) in [7, 11) is 3.72. The van der Waals surface area contributed by atoms with E-state index in [1.807, 2.05) is 29.0 Å². The Balaban J connectivity index is 2.61. The fourth-order valence-corrected chi connectivity index (χ4v) is 1.65. The van der Waals surface area contributed by atoms with Crippen molar-refractivity contribution in [3.05, 3.63) is 18.2 Å². The molecule has 0 bridgehead atoms. The van der Waals surface area contributed by atoms with E-state index < -0.39 is 0 Å². The molecule has 0 spiro atoms. The Kier molecular flexibility index (Phi) is 4.62. The lowest BCUT2D eigenvalue weighted by Crippen LogP contribution is -2.27. The molecule has 0 aliphatic carbocycles. The molecule has 1 aromatic heterocycles. The van der Waals surface area contributed by atoms with E-state index in [1.54, 1.807) is 7.05 Å². The number of hydrogen-bond acceptors (Lipinski definition) is 2. The van der Waals surface area contributed by atoms with Crippen LogP contribution in [0, 0.1) is 0 Å². The number of amidine groups is 1. The number of alkyl halides is 1. The van der Waals surface area contributed by atoms with Crippen LogP contribution in [0.4, 0.5) is 0 Å². The van der Waals surface area contributed by atoms with Gasteiger partial charge >= 0.3 is 0 Å². The van der Waals surface area contributed by atoms with E-state index in [4.69, 9.17) is 11.6 Å². The molecule has 0 fully saturated rings. The number of rotatable bonds is 4. The van der Waals surface area contributed by atoms with E-state index in [0.717, 1.165) is 24.6 Å². The second kappa shape index (κ2) is 5.75. The zero-order chi connectivity index (χ0) is 11.3. The summed E-state index contributed by atoms with van der Waals surface area (Å²) >= 11 is 5.76. The van der Waals surface area contributed by atoms with Crippen molar-refractivity contribution in [3.8, 4) is 0 Å². The minimum atomic E-state index is 0.432. The second-order valence-electron chi connectivity index (χ2n) is 3.32. The van der Waals surface area contributed by atoms with E-state index in [1.165, 1.54) is 0 Å². The fraction of sp³-hybridized carbons (Fsp3) is 0.600. The van der Waals surface area contributed by atoms with Crippen LogP contribution in [0.1, 0.15) is 12.6 Å². The Hall–Kier alpha value is -1.03. The zero-order valence-corrected chi connectivity index (χ0v) is 10.2. The zero-order valence-electron chi connectivity index (χ0n) is 9.44. The lowest BCUT2D eigenvalue weighted by atomic mass is 10.4. The van der Waals surface area contributed by atoms with Gasteiger partial charge in [-0.2, -0.15) is 0 Å². The number of nitrogens with zero attached hydrogens (tertiary/aromatic N) is 4. The first-order valence-electron chi connectivity index (χ1n) is 4.94. The molecule has 0 aliphatic rings. The van der Waals surface area contributed by atoms with Crippen LogP contribution in [0.3, 0.4) is 0 Å². The molecule has 5 heteroatoms. The van der Waals surface area contributed by atoms with Gasteiger partial charge in [0.05, 0.1) is 24.4 Å². The maximum atomic E-state index is 5.76. The summed E-state index contributed by atoms with van der Waals surface area (Å²) in [5, 5.41) is 0. The molecule has 15 heavy (non-hydrogen) atoms. The van der Waals surface area contributed by atoms with Crippen molar-refractivity contribution in [1.29, 1.82) is 0 Å². The van der Waals surface area contributed by atoms with Crippen LogP contribution in [0.15, 0.2) is 17.5 Å². The smallest absolute Gasteiger partial charge is 0.114 e. The van der Waals surface area contributed by atoms with Gasteiger partial charge in [0.25, 0.3) is 0 Å². The Morgan fingerprint density at radius 1 is 1.67 bits per heavy atom. The summed E-state index contributed by atoms with van der Waals surface area (Å²) in [4.78, 5) is 10.4. The number of imidazole rings is 1. The molecule has 84 valence electrons. The lowest BCUT2D eigenvalue weighted by Gasteiger charge is -2.17. The van der Waals surface area contributed by atoms with Crippen LogP contribution in [0.5, 0.6) is 0 Å². The van der Waals surface area contributed by atoms with Crippen molar-refractivity contribution in [2.45, 2.75) is 20.0 Å². The van der Waals surface area contributed by atoms with Crippen molar-refractivity contribution >= 4 is 17.4 Å². The van der Waals surface area contributed by atoms with Crippen molar-refractivity contribution in [2.24, 2.45) is 4.99 Å². The van der Waals surface area contributed by atoms with Crippen LogP contribution in [-0.4, -0.2) is 40.3 Å². The second-order valence-corrected chi connectivity index (χ2v) is 3.59. The molecule has 0 N–H and O–H groups in total. The number of halogens is 1. The minimum absolute atomic E-state index is 0.432. The van der Waals surface area contributed by atoms with Gasteiger partial charge in [-0.05, 0) is 6.92 Å². The van der Waals surface area contributed by atoms with Gasteiger partial charge in [-0.3, -0.25) is 4.99 Å². The molecule has 1 aromatic rings. The molecule has 0 saturated carbocycles. The summed E-state index contributed by atoms with van der Waals surface area (Å²) in [6.07, 6.45) is 3.88. The van der Waals surface area contributed by atoms with Crippen molar-refractivity contribution in [1.82, 2.24) is 14.5 Å². The van der Waals surface area contributed by atoms with Gasteiger partial charge in [0.1, 0.15) is 5.84 Å². The van der Waals surface area contributed by atoms with E-state index in [9.17, 15) is 0 Å². The highest BCUT2D eigenvalue weighted by Crippen LogP contribution is 2.02. The highest BCUT2D eigenvalue weighted by atomic mass is 35.5. The average molecular weight is 229 g/mol. The summed E-state index contributed by atoms with van der Waals surface area (Å²) in [5.74, 6) is 1.31. The topological polar surface area (TPSA) is 33.4 Å². The van der Waals surface area contributed by atoms with Crippen LogP contribution in [0.25, 0.3) is 0 Å². The summed E-state index contributed by atoms with van der Waals surface area (Å²) in [6.45, 7) is 3.78. The molecular formula is C10H17ClN4. The van der Waals surface area contributed by atoms with Crippen molar-refractivity contribution in [3.63, 3.8) is 0 Å². The first-order valence-corrected chi connectivity index (χ1v) is 5.48. The fourth-order valence-electron chi connectivity index (χ4n) is 1.33. The van der Waals surface area contributed by atoms with E-state index in [0.29, 0.717) is 5.88 Å². The van der Waals surface area contributed by atoms with Gasteiger partial charge in [0, 0.05) is 26.8 Å². The highest BCUT2D eigenvalue weighted by Gasteiger charge is 2.06. The molecule has 1 rings (SSSR count). The van der Waals surface area contributed by atoms with Gasteiger partial charge in [0.2, 0.25) is 0 Å². The molecule has 0 aromatic carbocycles. The van der Waals surface area contributed by atoms with Crippen LogP contribution < -0.4 is 0 Å². The molecule has 0 amide bonds. The standard InChI is InChI=1S/C10H17ClN4/c1-4-15-7-9(13-8-15)6-14(3)10(5-11)12-2/h7-8H,4-6H2,1-3H3/b12-10-. The Bertz CT molecular complexity index is 332. The predicted octanol–water partition coefficient (Wildman–Crippen LogP) is 1.60. The molecular weight excluding hydrogens is 212 g/mol. The van der Waals surface area contributed by atoms with Gasteiger partial charge < -0.3 is 9.47 Å². The third-order valence-corrected chi connectivity index (χ3v) is 2.51. The highest BCUT2D eigenvalue weighted by molar-refractivity contribution is 6.28. The third-order valence-electron chi connectivity index (χ3n) is 2.27. The lowest BCUT2D eigenvalue weighted by molar-refractivity contribution is 0.490. The molecule has 4 nitrogen and oxygen atoms in total. The monoisotopic (exact) mass is 228 g/mol. The van der Waals surface area contributed by atoms with Crippen LogP contribution in [0.2, 0.25) is 0 Å². The molecule has 0 unspecified atom stereocenters. The molecule has 0 saturated heterocycles. The number of aryl methyl sites for hydroxylation is 1. The Labute approximate surface area is 95.6 Å². The predicted molar refractivity (Wildman–Crippen MR) is 63.4 cm³/mol. The van der Waals surface area contributed by atoms with Gasteiger partial charge in [-0.25, -0.2) is 4.98 Å². The quantitative estimate of drug-likeness (QED) is 0.446. The Morgan fingerprint density at radius 3 is 2.87 bits per heavy atom. The first-order chi connectivity index (χ1) is 7.21. The van der Waals surface area contributed by atoms with Gasteiger partial charge in [-0.15, -0.1) is 11.6 Å². The van der Waals surface area contributed by atoms with Crippen molar-refractivity contribution in [2.75, 3.05) is 20.0 Å². The van der Waals surface area contributed by atoms with Gasteiger partial charge in [-0.1, -0.05) is 0 Å². The van der Waals surface area contributed by atoms with Gasteiger partial charge in [0.15, 0.2) is 0 Å². The molecule has 0 aliphatic heterocycles. The number of aromatic nitrogens is 2. The Morgan fingerprint density at radius 2 is 2.40 bits per heavy atom. The molecule has 0 atom stereocenters. The van der Waals surface area contributed by atoms with Crippen LogP contribution >= 0.6 is 11.6 Å². The van der Waals surface area contributed by atoms with E-state index >= 15 is 0 Å². The SMILES string of the molecule is CCn1cnc(CN(C)/C(CCl)=N\C)c1. The van der Waals surface area contributed by atoms with Crippen molar-refractivity contribution < 1.29 is 0 Å². The number of aliphatic imine (C=N–C) groups is 1. The number of hydrogen-bond donors (Lipinski definition) is 0. The van der Waals surface area contributed by atoms with E-state index in [-0.39, 0.29) is 0 Å². The first kappa shape index (κ1) is 12.0. The average Bonchev–Trinajstić information content (AvgIpc) is 2.67. The minimum Gasteiger partial charge on any atom is -0.356 e. The maximum Gasteiger partial charge on any atom is 0.114 e. The molecule has 0 radical (unpaired) electrons. The summed E-state index contributed by atoms with van der Waals surface area (Å²) < 4.78 is 2.05. The van der Waals surface area contributed by atoms with Crippen LogP contribution in [-0.2, 0) is 13.1 Å². The van der Waals surface area contributed by atoms with E-state index in [2.05, 4.69) is 16.9 Å². The third kappa shape index (κ3) is 3.23.